The van der Waals surface area contributed by atoms with E-state index in [1.54, 1.807) is 0 Å². The van der Waals surface area contributed by atoms with Crippen molar-refractivity contribution in [3.63, 3.8) is 0 Å². The minimum Gasteiger partial charge on any atom is -0.323 e. The van der Waals surface area contributed by atoms with Gasteiger partial charge in [-0.2, -0.15) is 5.26 Å². The van der Waals surface area contributed by atoms with Gasteiger partial charge in [-0.05, 0) is 16.7 Å². The summed E-state index contributed by atoms with van der Waals surface area (Å²) in [5.41, 5.74) is 9.23. The lowest BCUT2D eigenvalue weighted by molar-refractivity contribution is 0.749. The standard InChI is InChI=1S/C15H14N2/c16-11-10-15(17)14-8-6-13(7-9-14)12-4-2-1-3-5-12/h1-9,15H,10,17H2/t15-/m0/s1. The molecule has 0 aromatic heterocycles. The molecule has 17 heavy (non-hydrogen) atoms. The Morgan fingerprint density at radius 3 is 2.12 bits per heavy atom. The predicted octanol–water partition coefficient (Wildman–Crippen LogP) is 3.27. The average molecular weight is 222 g/mol. The number of nitriles is 1. The van der Waals surface area contributed by atoms with Gasteiger partial charge < -0.3 is 5.73 Å². The monoisotopic (exact) mass is 222 g/mol. The van der Waals surface area contributed by atoms with Crippen molar-refractivity contribution < 1.29 is 0 Å². The van der Waals surface area contributed by atoms with Crippen LogP contribution in [0.2, 0.25) is 0 Å². The Morgan fingerprint density at radius 2 is 1.53 bits per heavy atom. The first-order valence-corrected chi connectivity index (χ1v) is 5.59. The molecule has 0 aliphatic heterocycles. The van der Waals surface area contributed by atoms with Crippen molar-refractivity contribution in [2.24, 2.45) is 5.73 Å². The summed E-state index contributed by atoms with van der Waals surface area (Å²) in [6.07, 6.45) is 0.352. The topological polar surface area (TPSA) is 49.8 Å². The van der Waals surface area contributed by atoms with E-state index in [2.05, 4.69) is 18.2 Å². The Labute approximate surface area is 101 Å². The van der Waals surface area contributed by atoms with Crippen molar-refractivity contribution in [2.75, 3.05) is 0 Å². The van der Waals surface area contributed by atoms with Gasteiger partial charge in [0.25, 0.3) is 0 Å². The average Bonchev–Trinajstić information content (AvgIpc) is 2.40. The molecule has 1 atom stereocenters. The van der Waals surface area contributed by atoms with Crippen molar-refractivity contribution in [3.05, 3.63) is 60.2 Å². The molecule has 0 radical (unpaired) electrons. The summed E-state index contributed by atoms with van der Waals surface area (Å²) >= 11 is 0. The summed E-state index contributed by atoms with van der Waals surface area (Å²) in [4.78, 5) is 0. The van der Waals surface area contributed by atoms with E-state index in [-0.39, 0.29) is 6.04 Å². The summed E-state index contributed by atoms with van der Waals surface area (Å²) in [6.45, 7) is 0. The zero-order valence-corrected chi connectivity index (χ0v) is 9.51. The minimum atomic E-state index is -0.190. The molecule has 0 saturated carbocycles. The highest BCUT2D eigenvalue weighted by Gasteiger charge is 2.05. The van der Waals surface area contributed by atoms with Crippen LogP contribution in [0, 0.1) is 11.3 Å². The molecule has 84 valence electrons. The highest BCUT2D eigenvalue weighted by Crippen LogP contribution is 2.21. The van der Waals surface area contributed by atoms with Crippen molar-refractivity contribution >= 4 is 0 Å². The van der Waals surface area contributed by atoms with Crippen LogP contribution in [0.4, 0.5) is 0 Å². The molecule has 0 saturated heterocycles. The van der Waals surface area contributed by atoms with E-state index in [4.69, 9.17) is 11.0 Å². The Balaban J connectivity index is 2.22. The Morgan fingerprint density at radius 1 is 0.941 bits per heavy atom. The van der Waals surface area contributed by atoms with E-state index in [1.807, 2.05) is 42.5 Å². The third-order valence-electron chi connectivity index (χ3n) is 2.76. The molecule has 0 aliphatic carbocycles. The van der Waals surface area contributed by atoms with E-state index in [9.17, 15) is 0 Å². The highest BCUT2D eigenvalue weighted by atomic mass is 14.6. The van der Waals surface area contributed by atoms with Gasteiger partial charge in [0, 0.05) is 6.04 Å². The van der Waals surface area contributed by atoms with Gasteiger partial charge in [0.05, 0.1) is 12.5 Å². The summed E-state index contributed by atoms with van der Waals surface area (Å²) in [5.74, 6) is 0. The van der Waals surface area contributed by atoms with Crippen LogP contribution in [0.25, 0.3) is 11.1 Å². The van der Waals surface area contributed by atoms with Crippen LogP contribution < -0.4 is 5.73 Å². The molecule has 2 heteroatoms. The normalized spacial score (nSPS) is 11.8. The number of nitrogens with two attached hydrogens (primary N) is 1. The van der Waals surface area contributed by atoms with E-state index >= 15 is 0 Å². The molecule has 2 aromatic carbocycles. The second-order valence-corrected chi connectivity index (χ2v) is 3.96. The molecule has 0 spiro atoms. The maximum atomic E-state index is 8.60. The number of benzene rings is 2. The molecular formula is C15H14N2. The van der Waals surface area contributed by atoms with Gasteiger partial charge in [-0.15, -0.1) is 0 Å². The zero-order valence-electron chi connectivity index (χ0n) is 9.51. The van der Waals surface area contributed by atoms with Gasteiger partial charge >= 0.3 is 0 Å². The molecule has 0 unspecified atom stereocenters. The smallest absolute Gasteiger partial charge is 0.0641 e. The molecule has 2 N–H and O–H groups in total. The zero-order chi connectivity index (χ0) is 12.1. The van der Waals surface area contributed by atoms with Gasteiger partial charge in [0.15, 0.2) is 0 Å². The van der Waals surface area contributed by atoms with Crippen molar-refractivity contribution in [2.45, 2.75) is 12.5 Å². The van der Waals surface area contributed by atoms with Crippen molar-refractivity contribution in [3.8, 4) is 17.2 Å². The second-order valence-electron chi connectivity index (χ2n) is 3.96. The molecule has 2 nitrogen and oxygen atoms in total. The SMILES string of the molecule is N#CC[C@H](N)c1ccc(-c2ccccc2)cc1. The highest BCUT2D eigenvalue weighted by molar-refractivity contribution is 5.63. The Kier molecular flexibility index (Phi) is 3.54. The van der Waals surface area contributed by atoms with Crippen LogP contribution in [0.15, 0.2) is 54.6 Å². The van der Waals surface area contributed by atoms with Gasteiger partial charge in [-0.25, -0.2) is 0 Å². The molecule has 2 rings (SSSR count). The number of rotatable bonds is 3. The summed E-state index contributed by atoms with van der Waals surface area (Å²) in [7, 11) is 0. The third kappa shape index (κ3) is 2.72. The first-order chi connectivity index (χ1) is 8.31. The molecule has 0 aliphatic rings. The fourth-order valence-electron chi connectivity index (χ4n) is 1.77. The van der Waals surface area contributed by atoms with Gasteiger partial charge in [0.2, 0.25) is 0 Å². The molecule has 2 aromatic rings. The molecular weight excluding hydrogens is 208 g/mol. The van der Waals surface area contributed by atoms with Crippen molar-refractivity contribution in [1.82, 2.24) is 0 Å². The van der Waals surface area contributed by atoms with E-state index in [1.165, 1.54) is 11.1 Å². The van der Waals surface area contributed by atoms with Crippen LogP contribution in [0.1, 0.15) is 18.0 Å². The van der Waals surface area contributed by atoms with E-state index in [0.29, 0.717) is 6.42 Å². The van der Waals surface area contributed by atoms with Crippen molar-refractivity contribution in [1.29, 1.82) is 5.26 Å². The molecule has 0 amide bonds. The third-order valence-corrected chi connectivity index (χ3v) is 2.76. The lowest BCUT2D eigenvalue weighted by atomic mass is 10.00. The van der Waals surface area contributed by atoms with Crippen LogP contribution in [0.3, 0.4) is 0 Å². The first kappa shape index (κ1) is 11.4. The Hall–Kier alpha value is -2.11. The maximum absolute atomic E-state index is 8.60. The van der Waals surface area contributed by atoms with Gasteiger partial charge in [-0.1, -0.05) is 54.6 Å². The maximum Gasteiger partial charge on any atom is 0.0641 e. The fraction of sp³-hybridized carbons (Fsp3) is 0.133. The molecule has 0 heterocycles. The summed E-state index contributed by atoms with van der Waals surface area (Å²) in [5, 5.41) is 8.60. The quantitative estimate of drug-likeness (QED) is 0.866. The van der Waals surface area contributed by atoms with Gasteiger partial charge in [0.1, 0.15) is 0 Å². The predicted molar refractivity (Wildman–Crippen MR) is 69.0 cm³/mol. The van der Waals surface area contributed by atoms with Gasteiger partial charge in [-0.3, -0.25) is 0 Å². The van der Waals surface area contributed by atoms with Crippen LogP contribution in [-0.2, 0) is 0 Å². The lowest BCUT2D eigenvalue weighted by Crippen LogP contribution is -2.08. The first-order valence-electron chi connectivity index (χ1n) is 5.59. The number of hydrogen-bond donors (Lipinski definition) is 1. The van der Waals surface area contributed by atoms with E-state index < -0.39 is 0 Å². The van der Waals surface area contributed by atoms with E-state index in [0.717, 1.165) is 5.56 Å². The second kappa shape index (κ2) is 5.29. The van der Waals surface area contributed by atoms with Crippen LogP contribution in [-0.4, -0.2) is 0 Å². The lowest BCUT2D eigenvalue weighted by Gasteiger charge is -2.08. The molecule has 0 bridgehead atoms. The summed E-state index contributed by atoms with van der Waals surface area (Å²) in [6, 6.07) is 20.2. The number of nitrogens with zero attached hydrogens (tertiary/aromatic N) is 1. The molecule has 0 fully saturated rings. The van der Waals surface area contributed by atoms with Crippen LogP contribution >= 0.6 is 0 Å². The largest absolute Gasteiger partial charge is 0.323 e. The fourth-order valence-corrected chi connectivity index (χ4v) is 1.77. The van der Waals surface area contributed by atoms with Crippen LogP contribution in [0.5, 0.6) is 0 Å². The summed E-state index contributed by atoms with van der Waals surface area (Å²) < 4.78 is 0. The minimum absolute atomic E-state index is 0.190. The number of hydrogen-bond acceptors (Lipinski definition) is 2. The Bertz CT molecular complexity index is 509.